The van der Waals surface area contributed by atoms with Crippen LogP contribution in [0, 0.1) is 5.82 Å². The van der Waals surface area contributed by atoms with Crippen LogP contribution in [0.5, 0.6) is 11.6 Å². The van der Waals surface area contributed by atoms with E-state index in [-0.39, 0.29) is 16.7 Å². The number of hydrogen-bond acceptors (Lipinski definition) is 3. The van der Waals surface area contributed by atoms with Gasteiger partial charge in [0.25, 0.3) is 0 Å². The van der Waals surface area contributed by atoms with Crippen molar-refractivity contribution in [2.45, 2.75) is 6.92 Å². The van der Waals surface area contributed by atoms with Crippen LogP contribution >= 0.6 is 39.1 Å². The number of hydrogen-bond donors (Lipinski definition) is 1. The van der Waals surface area contributed by atoms with Crippen LogP contribution in [0.1, 0.15) is 6.92 Å². The fourth-order valence-electron chi connectivity index (χ4n) is 1.51. The summed E-state index contributed by atoms with van der Waals surface area (Å²) in [6.07, 6.45) is 0. The van der Waals surface area contributed by atoms with E-state index in [0.29, 0.717) is 21.9 Å². The minimum Gasteiger partial charge on any atom is -0.437 e. The van der Waals surface area contributed by atoms with Gasteiger partial charge in [-0.05, 0) is 25.1 Å². The third-order valence-electron chi connectivity index (χ3n) is 2.29. The minimum absolute atomic E-state index is 0.157. The molecule has 1 aromatic carbocycles. The smallest absolute Gasteiger partial charge is 0.240 e. The van der Waals surface area contributed by atoms with Crippen molar-refractivity contribution in [1.29, 1.82) is 0 Å². The van der Waals surface area contributed by atoms with E-state index in [0.717, 1.165) is 0 Å². The quantitative estimate of drug-likeness (QED) is 0.759. The Hall–Kier alpha value is -1.04. The summed E-state index contributed by atoms with van der Waals surface area (Å²) in [5.41, 5.74) is 0. The van der Waals surface area contributed by atoms with Gasteiger partial charge in [-0.15, -0.1) is 0 Å². The second kappa shape index (κ2) is 6.61. The summed E-state index contributed by atoms with van der Waals surface area (Å²) in [5, 5.41) is 3.63. The van der Waals surface area contributed by atoms with Crippen LogP contribution in [0.3, 0.4) is 0 Å². The number of pyridine rings is 1. The van der Waals surface area contributed by atoms with Gasteiger partial charge in [-0.3, -0.25) is 0 Å². The average Bonchev–Trinajstić information content (AvgIpc) is 2.34. The molecule has 0 unspecified atom stereocenters. The van der Waals surface area contributed by atoms with E-state index in [1.165, 1.54) is 18.2 Å². The second-order valence-corrected chi connectivity index (χ2v) is 5.57. The molecule has 1 N–H and O–H groups in total. The van der Waals surface area contributed by atoms with Crippen molar-refractivity contribution in [3.63, 3.8) is 0 Å². The minimum atomic E-state index is -0.425. The fraction of sp³-hybridized carbons (Fsp3) is 0.154. The molecule has 0 aliphatic heterocycles. The standard InChI is InChI=1S/C13H10BrCl2FN2O/c1-2-18-12-10(15)6-11(16)13(19-12)20-9-4-7(14)3-8(17)5-9/h3-6H,2H2,1H3,(H,18,19). The van der Waals surface area contributed by atoms with Gasteiger partial charge < -0.3 is 10.1 Å². The summed E-state index contributed by atoms with van der Waals surface area (Å²) in [6, 6.07) is 5.71. The van der Waals surface area contributed by atoms with Gasteiger partial charge in [0, 0.05) is 17.1 Å². The van der Waals surface area contributed by atoms with E-state index in [2.05, 4.69) is 26.2 Å². The molecule has 0 fully saturated rings. The lowest BCUT2D eigenvalue weighted by Gasteiger charge is -2.11. The molecule has 0 saturated heterocycles. The molecule has 0 amide bonds. The lowest BCUT2D eigenvalue weighted by molar-refractivity contribution is 0.458. The molecule has 0 spiro atoms. The summed E-state index contributed by atoms with van der Waals surface area (Å²) in [4.78, 5) is 4.18. The maximum Gasteiger partial charge on any atom is 0.240 e. The Morgan fingerprint density at radius 1 is 1.25 bits per heavy atom. The summed E-state index contributed by atoms with van der Waals surface area (Å²) in [6.45, 7) is 2.57. The summed E-state index contributed by atoms with van der Waals surface area (Å²) >= 11 is 15.2. The topological polar surface area (TPSA) is 34.2 Å². The van der Waals surface area contributed by atoms with Gasteiger partial charge in [-0.25, -0.2) is 4.39 Å². The lowest BCUT2D eigenvalue weighted by atomic mass is 10.3. The molecule has 7 heteroatoms. The largest absolute Gasteiger partial charge is 0.437 e. The molecule has 2 aromatic rings. The van der Waals surface area contributed by atoms with Gasteiger partial charge in [-0.2, -0.15) is 4.98 Å². The van der Waals surface area contributed by atoms with Crippen LogP contribution in [0.4, 0.5) is 10.2 Å². The number of ether oxygens (including phenoxy) is 1. The van der Waals surface area contributed by atoms with E-state index in [1.54, 1.807) is 6.07 Å². The Labute approximate surface area is 134 Å². The molecule has 1 aromatic heterocycles. The molecule has 20 heavy (non-hydrogen) atoms. The zero-order chi connectivity index (χ0) is 14.7. The van der Waals surface area contributed by atoms with Gasteiger partial charge in [0.1, 0.15) is 22.4 Å². The van der Waals surface area contributed by atoms with Gasteiger partial charge in [0.2, 0.25) is 5.88 Å². The van der Waals surface area contributed by atoms with E-state index < -0.39 is 5.82 Å². The molecule has 0 atom stereocenters. The lowest BCUT2D eigenvalue weighted by Crippen LogP contribution is -2.01. The van der Waals surface area contributed by atoms with E-state index in [4.69, 9.17) is 27.9 Å². The van der Waals surface area contributed by atoms with Crippen molar-refractivity contribution < 1.29 is 9.13 Å². The highest BCUT2D eigenvalue weighted by molar-refractivity contribution is 9.10. The first-order valence-electron chi connectivity index (χ1n) is 5.73. The van der Waals surface area contributed by atoms with Crippen LogP contribution in [-0.4, -0.2) is 11.5 Å². The van der Waals surface area contributed by atoms with Crippen LogP contribution in [0.2, 0.25) is 10.0 Å². The highest BCUT2D eigenvalue weighted by atomic mass is 79.9. The number of aromatic nitrogens is 1. The third kappa shape index (κ3) is 3.75. The zero-order valence-electron chi connectivity index (χ0n) is 10.4. The van der Waals surface area contributed by atoms with Crippen molar-refractivity contribution in [3.05, 3.63) is 44.6 Å². The molecule has 0 bridgehead atoms. The number of rotatable bonds is 4. The zero-order valence-corrected chi connectivity index (χ0v) is 13.5. The molecular formula is C13H10BrCl2FN2O. The highest BCUT2D eigenvalue weighted by Crippen LogP contribution is 2.34. The van der Waals surface area contributed by atoms with Crippen molar-refractivity contribution in [2.24, 2.45) is 0 Å². The van der Waals surface area contributed by atoms with Gasteiger partial charge in [0.15, 0.2) is 0 Å². The monoisotopic (exact) mass is 378 g/mol. The molecule has 1 heterocycles. The van der Waals surface area contributed by atoms with Crippen molar-refractivity contribution in [1.82, 2.24) is 4.98 Å². The summed E-state index contributed by atoms with van der Waals surface area (Å²) in [7, 11) is 0. The average molecular weight is 380 g/mol. The first kappa shape index (κ1) is 15.4. The van der Waals surface area contributed by atoms with E-state index in [9.17, 15) is 4.39 Å². The van der Waals surface area contributed by atoms with Gasteiger partial charge in [-0.1, -0.05) is 39.1 Å². The first-order valence-corrected chi connectivity index (χ1v) is 7.28. The number of nitrogens with zero attached hydrogens (tertiary/aromatic N) is 1. The Morgan fingerprint density at radius 3 is 2.65 bits per heavy atom. The number of halogens is 4. The number of nitrogens with one attached hydrogen (secondary N) is 1. The molecule has 2 rings (SSSR count). The van der Waals surface area contributed by atoms with Gasteiger partial charge in [0.05, 0.1) is 5.02 Å². The van der Waals surface area contributed by atoms with Crippen molar-refractivity contribution >= 4 is 44.9 Å². The fourth-order valence-corrected chi connectivity index (χ4v) is 2.42. The first-order chi connectivity index (χ1) is 9.49. The highest BCUT2D eigenvalue weighted by Gasteiger charge is 2.12. The Bertz CT molecular complexity index is 620. The van der Waals surface area contributed by atoms with Crippen LogP contribution in [0.15, 0.2) is 28.7 Å². The SMILES string of the molecule is CCNc1nc(Oc2cc(F)cc(Br)c2)c(Cl)cc1Cl. The Balaban J connectivity index is 2.34. The third-order valence-corrected chi connectivity index (χ3v) is 3.31. The maximum absolute atomic E-state index is 13.3. The summed E-state index contributed by atoms with van der Waals surface area (Å²) < 4.78 is 19.4. The van der Waals surface area contributed by atoms with E-state index >= 15 is 0 Å². The Morgan fingerprint density at radius 2 is 2.00 bits per heavy atom. The van der Waals surface area contributed by atoms with Crippen molar-refractivity contribution in [3.8, 4) is 11.6 Å². The van der Waals surface area contributed by atoms with Crippen molar-refractivity contribution in [2.75, 3.05) is 11.9 Å². The predicted molar refractivity (Wildman–Crippen MR) is 82.6 cm³/mol. The van der Waals surface area contributed by atoms with Gasteiger partial charge >= 0.3 is 0 Å². The van der Waals surface area contributed by atoms with E-state index in [1.807, 2.05) is 6.92 Å². The second-order valence-electron chi connectivity index (χ2n) is 3.84. The maximum atomic E-state index is 13.3. The van der Waals surface area contributed by atoms with Crippen LogP contribution in [-0.2, 0) is 0 Å². The molecule has 3 nitrogen and oxygen atoms in total. The summed E-state index contributed by atoms with van der Waals surface area (Å²) in [5.74, 6) is 0.482. The molecule has 0 aliphatic carbocycles. The number of anilines is 1. The molecule has 0 radical (unpaired) electrons. The van der Waals surface area contributed by atoms with Crippen LogP contribution < -0.4 is 10.1 Å². The Kier molecular flexibility index (Phi) is 5.07. The molecule has 0 aliphatic rings. The molecular weight excluding hydrogens is 370 g/mol. The number of benzene rings is 1. The predicted octanol–water partition coefficient (Wildman–Crippen LogP) is 5.51. The van der Waals surface area contributed by atoms with Crippen LogP contribution in [0.25, 0.3) is 0 Å². The molecule has 106 valence electrons. The normalized spacial score (nSPS) is 10.4. The molecule has 0 saturated carbocycles.